The maximum absolute atomic E-state index is 13.4. The van der Waals surface area contributed by atoms with E-state index in [1.165, 1.54) is 0 Å². The number of fused-ring (bicyclic) bond motifs is 1. The molecule has 1 aliphatic rings. The Kier molecular flexibility index (Phi) is 4.04. The van der Waals surface area contributed by atoms with Crippen LogP contribution >= 0.6 is 0 Å². The molecule has 2 aromatic heterocycles. The summed E-state index contributed by atoms with van der Waals surface area (Å²) in [6.07, 6.45) is 3.51. The van der Waals surface area contributed by atoms with Crippen LogP contribution in [-0.2, 0) is 4.74 Å². The minimum Gasteiger partial charge on any atom is -0.369 e. The van der Waals surface area contributed by atoms with Gasteiger partial charge in [0.25, 0.3) is 5.91 Å². The predicted molar refractivity (Wildman–Crippen MR) is 100 cm³/mol. The number of pyridine rings is 1. The van der Waals surface area contributed by atoms with Crippen molar-refractivity contribution in [3.63, 3.8) is 0 Å². The summed E-state index contributed by atoms with van der Waals surface area (Å²) in [6.45, 7) is 7.11. The zero-order chi connectivity index (χ0) is 18.3. The number of hydrogen-bond acceptors (Lipinski definition) is 3. The summed E-state index contributed by atoms with van der Waals surface area (Å²) in [4.78, 5) is 19.7. The van der Waals surface area contributed by atoms with Gasteiger partial charge >= 0.3 is 0 Å². The van der Waals surface area contributed by atoms with E-state index in [0.717, 1.165) is 16.8 Å². The van der Waals surface area contributed by atoms with Gasteiger partial charge in [0.1, 0.15) is 17.4 Å². The van der Waals surface area contributed by atoms with Gasteiger partial charge < -0.3 is 9.64 Å². The molecule has 26 heavy (non-hydrogen) atoms. The monoisotopic (exact) mass is 349 g/mol. The number of carbonyl (C=O) groups is 1. The van der Waals surface area contributed by atoms with E-state index in [9.17, 15) is 4.79 Å². The summed E-state index contributed by atoms with van der Waals surface area (Å²) in [5.41, 5.74) is 3.17. The van der Waals surface area contributed by atoms with Crippen molar-refractivity contribution in [3.8, 4) is 0 Å². The highest BCUT2D eigenvalue weighted by Gasteiger charge is 2.39. The maximum atomic E-state index is 13.4. The van der Waals surface area contributed by atoms with Crippen LogP contribution in [0.2, 0.25) is 0 Å². The van der Waals surface area contributed by atoms with Crippen molar-refractivity contribution in [3.05, 3.63) is 71.7 Å². The van der Waals surface area contributed by atoms with Gasteiger partial charge in [0.15, 0.2) is 0 Å². The SMILES string of the molecule is Cc1ccc2ncc(C(=O)N3CC(c4ccccc4)OCC3(C)C)n2c1. The Morgan fingerprint density at radius 1 is 1.19 bits per heavy atom. The van der Waals surface area contributed by atoms with Crippen molar-refractivity contribution >= 4 is 11.6 Å². The van der Waals surface area contributed by atoms with E-state index >= 15 is 0 Å². The van der Waals surface area contributed by atoms with Gasteiger partial charge in [-0.15, -0.1) is 0 Å². The minimum absolute atomic E-state index is 0.0164. The molecule has 134 valence electrons. The molecular weight excluding hydrogens is 326 g/mol. The number of rotatable bonds is 2. The summed E-state index contributed by atoms with van der Waals surface area (Å²) in [6, 6.07) is 14.0. The quantitative estimate of drug-likeness (QED) is 0.710. The van der Waals surface area contributed by atoms with Crippen LogP contribution in [0, 0.1) is 6.92 Å². The van der Waals surface area contributed by atoms with Crippen LogP contribution in [0.15, 0.2) is 54.9 Å². The second-order valence-corrected chi connectivity index (χ2v) is 7.52. The van der Waals surface area contributed by atoms with E-state index in [0.29, 0.717) is 18.8 Å². The summed E-state index contributed by atoms with van der Waals surface area (Å²) in [5.74, 6) is -0.0164. The lowest BCUT2D eigenvalue weighted by Gasteiger charge is -2.45. The average Bonchev–Trinajstić information content (AvgIpc) is 3.04. The second kappa shape index (κ2) is 6.25. The van der Waals surface area contributed by atoms with Crippen LogP contribution in [0.4, 0.5) is 0 Å². The Hall–Kier alpha value is -2.66. The van der Waals surface area contributed by atoms with Crippen LogP contribution in [-0.4, -0.2) is 38.9 Å². The van der Waals surface area contributed by atoms with Crippen LogP contribution in [0.3, 0.4) is 0 Å². The van der Waals surface area contributed by atoms with Crippen LogP contribution < -0.4 is 0 Å². The van der Waals surface area contributed by atoms with Crippen LogP contribution in [0.1, 0.15) is 41.6 Å². The van der Waals surface area contributed by atoms with Gasteiger partial charge in [-0.3, -0.25) is 9.20 Å². The number of nitrogens with zero attached hydrogens (tertiary/aromatic N) is 3. The summed E-state index contributed by atoms with van der Waals surface area (Å²) in [7, 11) is 0. The number of ether oxygens (including phenoxy) is 1. The zero-order valence-corrected chi connectivity index (χ0v) is 15.3. The Labute approximate surface area is 153 Å². The standard InChI is InChI=1S/C21H23N3O2/c1-15-9-10-19-22-11-17(23(19)12-15)20(25)24-13-18(26-14-21(24,2)3)16-7-5-4-6-8-16/h4-12,18H,13-14H2,1-3H3. The van der Waals surface area contributed by atoms with E-state index in [1.54, 1.807) is 6.20 Å². The molecule has 1 saturated heterocycles. The molecule has 0 N–H and O–H groups in total. The Balaban J connectivity index is 1.69. The van der Waals surface area contributed by atoms with Crippen molar-refractivity contribution in [1.82, 2.24) is 14.3 Å². The highest BCUT2D eigenvalue weighted by molar-refractivity contribution is 5.94. The number of carbonyl (C=O) groups excluding carboxylic acids is 1. The van der Waals surface area contributed by atoms with Crippen LogP contribution in [0.5, 0.6) is 0 Å². The lowest BCUT2D eigenvalue weighted by Crippen LogP contribution is -2.56. The molecule has 0 saturated carbocycles. The number of hydrogen-bond donors (Lipinski definition) is 0. The largest absolute Gasteiger partial charge is 0.369 e. The molecule has 0 spiro atoms. The van der Waals surface area contributed by atoms with E-state index in [4.69, 9.17) is 4.74 Å². The van der Waals surface area contributed by atoms with Gasteiger partial charge in [-0.1, -0.05) is 36.4 Å². The third kappa shape index (κ3) is 2.88. The number of imidazole rings is 1. The van der Waals surface area contributed by atoms with Gasteiger partial charge in [-0.05, 0) is 38.0 Å². The van der Waals surface area contributed by atoms with Gasteiger partial charge in [0.2, 0.25) is 0 Å². The lowest BCUT2D eigenvalue weighted by molar-refractivity contribution is -0.0848. The Morgan fingerprint density at radius 2 is 1.96 bits per heavy atom. The molecule has 4 rings (SSSR count). The summed E-state index contributed by atoms with van der Waals surface area (Å²) < 4.78 is 7.94. The Bertz CT molecular complexity index is 946. The average molecular weight is 349 g/mol. The summed E-state index contributed by atoms with van der Waals surface area (Å²) in [5, 5.41) is 0. The van der Waals surface area contributed by atoms with Gasteiger partial charge in [-0.2, -0.15) is 0 Å². The van der Waals surface area contributed by atoms with E-state index < -0.39 is 0 Å². The molecule has 5 nitrogen and oxygen atoms in total. The molecule has 1 amide bonds. The fourth-order valence-corrected chi connectivity index (χ4v) is 3.46. The van der Waals surface area contributed by atoms with Gasteiger partial charge in [0.05, 0.1) is 24.9 Å². The van der Waals surface area contributed by atoms with Crippen molar-refractivity contribution < 1.29 is 9.53 Å². The van der Waals surface area contributed by atoms with E-state index in [1.807, 2.05) is 78.7 Å². The molecule has 3 heterocycles. The van der Waals surface area contributed by atoms with Crippen molar-refractivity contribution in [2.45, 2.75) is 32.4 Å². The topological polar surface area (TPSA) is 46.8 Å². The molecule has 0 bridgehead atoms. The predicted octanol–water partition coefficient (Wildman–Crippen LogP) is 3.64. The number of morpholine rings is 1. The Morgan fingerprint density at radius 3 is 2.73 bits per heavy atom. The molecule has 1 aromatic carbocycles. The fraction of sp³-hybridized carbons (Fsp3) is 0.333. The molecule has 0 aliphatic carbocycles. The maximum Gasteiger partial charge on any atom is 0.273 e. The van der Waals surface area contributed by atoms with Gasteiger partial charge in [0, 0.05) is 6.20 Å². The van der Waals surface area contributed by atoms with Crippen molar-refractivity contribution in [2.24, 2.45) is 0 Å². The second-order valence-electron chi connectivity index (χ2n) is 7.52. The highest BCUT2D eigenvalue weighted by Crippen LogP contribution is 2.31. The third-order valence-electron chi connectivity index (χ3n) is 5.01. The number of aromatic nitrogens is 2. The molecule has 1 unspecified atom stereocenters. The first-order chi connectivity index (χ1) is 12.5. The lowest BCUT2D eigenvalue weighted by atomic mass is 9.97. The van der Waals surface area contributed by atoms with Crippen LogP contribution in [0.25, 0.3) is 5.65 Å². The highest BCUT2D eigenvalue weighted by atomic mass is 16.5. The molecule has 1 fully saturated rings. The first-order valence-corrected chi connectivity index (χ1v) is 8.88. The third-order valence-corrected chi connectivity index (χ3v) is 5.01. The van der Waals surface area contributed by atoms with Crippen molar-refractivity contribution in [1.29, 1.82) is 0 Å². The first-order valence-electron chi connectivity index (χ1n) is 8.88. The smallest absolute Gasteiger partial charge is 0.273 e. The normalized spacial score (nSPS) is 19.7. The molecule has 5 heteroatoms. The fourth-order valence-electron chi connectivity index (χ4n) is 3.46. The summed E-state index contributed by atoms with van der Waals surface area (Å²) >= 11 is 0. The van der Waals surface area contributed by atoms with Gasteiger partial charge in [-0.25, -0.2) is 4.98 Å². The number of aryl methyl sites for hydroxylation is 1. The molecule has 1 atom stereocenters. The van der Waals surface area contributed by atoms with Crippen molar-refractivity contribution in [2.75, 3.05) is 13.2 Å². The molecule has 1 aliphatic heterocycles. The molecule has 0 radical (unpaired) electrons. The minimum atomic E-state index is -0.379. The number of amides is 1. The van der Waals surface area contributed by atoms with E-state index in [-0.39, 0.29) is 17.6 Å². The number of benzene rings is 1. The zero-order valence-electron chi connectivity index (χ0n) is 15.3. The first kappa shape index (κ1) is 16.8. The van der Waals surface area contributed by atoms with E-state index in [2.05, 4.69) is 4.98 Å². The molecule has 3 aromatic rings. The molecular formula is C21H23N3O2.